The molecule has 4 aliphatic rings. The van der Waals surface area contributed by atoms with Crippen molar-refractivity contribution in [1.82, 2.24) is 20.2 Å². The zero-order chi connectivity index (χ0) is 30.6. The molecule has 43 heavy (non-hydrogen) atoms. The minimum atomic E-state index is -1.12. The fourth-order valence-corrected chi connectivity index (χ4v) is 6.98. The molecule has 3 fully saturated rings. The van der Waals surface area contributed by atoms with Crippen molar-refractivity contribution in [2.45, 2.75) is 96.4 Å². The number of amides is 2. The van der Waals surface area contributed by atoms with Crippen LogP contribution < -0.4 is 14.8 Å². The normalized spacial score (nSPS) is 32.6. The Morgan fingerprint density at radius 2 is 1.86 bits per heavy atom. The maximum absolute atomic E-state index is 14.1. The summed E-state index contributed by atoms with van der Waals surface area (Å²) in [6, 6.07) is 3.47. The summed E-state index contributed by atoms with van der Waals surface area (Å²) in [7, 11) is 1.60. The fraction of sp³-hybridized carbons (Fsp3) is 0.656. The second kappa shape index (κ2) is 11.1. The Kier molecular flexibility index (Phi) is 7.62. The highest BCUT2D eigenvalue weighted by Gasteiger charge is 2.52. The van der Waals surface area contributed by atoms with Gasteiger partial charge in [0.1, 0.15) is 35.7 Å². The molecule has 11 nitrogen and oxygen atoms in total. The Morgan fingerprint density at radius 1 is 1.09 bits per heavy atom. The molecule has 2 bridgehead atoms. The van der Waals surface area contributed by atoms with E-state index in [0.29, 0.717) is 35.4 Å². The number of ether oxygens (including phenoxy) is 3. The van der Waals surface area contributed by atoms with Crippen molar-refractivity contribution >= 4 is 29.0 Å². The Balaban J connectivity index is 1.40. The molecule has 232 valence electrons. The van der Waals surface area contributed by atoms with Crippen molar-refractivity contribution in [2.24, 2.45) is 23.2 Å². The number of aliphatic carboxylic acids is 1. The molecule has 1 aromatic carbocycles. The third-order valence-corrected chi connectivity index (χ3v) is 9.65. The zero-order valence-electron chi connectivity index (χ0n) is 25.5. The highest BCUT2D eigenvalue weighted by atomic mass is 16.6. The molecule has 2 unspecified atom stereocenters. The third-order valence-electron chi connectivity index (χ3n) is 9.65. The lowest BCUT2D eigenvalue weighted by molar-refractivity contribution is -0.151. The van der Waals surface area contributed by atoms with Crippen LogP contribution in [0.15, 0.2) is 18.2 Å². The molecule has 2 saturated carbocycles. The smallest absolute Gasteiger partial charge is 0.408 e. The fourth-order valence-electron chi connectivity index (χ4n) is 6.98. The zero-order valence-corrected chi connectivity index (χ0v) is 25.5. The van der Waals surface area contributed by atoms with E-state index in [2.05, 4.69) is 5.32 Å². The molecule has 6 rings (SSSR count). The summed E-state index contributed by atoms with van der Waals surface area (Å²) in [4.78, 5) is 51.0. The first-order valence-electron chi connectivity index (χ1n) is 15.5. The molecule has 11 heteroatoms. The van der Waals surface area contributed by atoms with Crippen LogP contribution in [0, 0.1) is 23.2 Å². The molecule has 2 amide bonds. The van der Waals surface area contributed by atoms with Gasteiger partial charge in [-0.05, 0) is 61.5 Å². The van der Waals surface area contributed by atoms with Gasteiger partial charge < -0.3 is 29.5 Å². The number of aromatic nitrogens is 2. The number of nitrogens with one attached hydrogen (secondary N) is 1. The maximum atomic E-state index is 14.1. The van der Waals surface area contributed by atoms with Crippen molar-refractivity contribution in [3.8, 4) is 11.6 Å². The van der Waals surface area contributed by atoms with Gasteiger partial charge in [0, 0.05) is 17.9 Å². The highest BCUT2D eigenvalue weighted by Crippen LogP contribution is 2.53. The molecule has 1 saturated heterocycles. The van der Waals surface area contributed by atoms with Gasteiger partial charge in [-0.1, -0.05) is 34.1 Å². The van der Waals surface area contributed by atoms with E-state index in [9.17, 15) is 19.5 Å². The molecule has 2 aromatic rings. The maximum Gasteiger partial charge on any atom is 0.408 e. The number of benzene rings is 1. The van der Waals surface area contributed by atoms with Gasteiger partial charge in [0.2, 0.25) is 11.8 Å². The quantitative estimate of drug-likeness (QED) is 0.525. The SMILES string of the molecule is CC[C@@H]1[C@@H]2CN(C(=O)[C@H](C(C)(C)C)NC(=O)O[C@@H]3C[C@H]3CCCC3CC3c3nc4ccc(OC)cc4nc3O2)[C@@H]1C(=O)O. The van der Waals surface area contributed by atoms with E-state index in [4.69, 9.17) is 24.2 Å². The van der Waals surface area contributed by atoms with Crippen LogP contribution >= 0.6 is 0 Å². The number of alkyl carbamates (subject to hydrolysis) is 1. The van der Waals surface area contributed by atoms with Gasteiger partial charge in [0.05, 0.1) is 24.7 Å². The van der Waals surface area contributed by atoms with Gasteiger partial charge in [0.25, 0.3) is 0 Å². The van der Waals surface area contributed by atoms with Crippen LogP contribution in [-0.2, 0) is 14.3 Å². The van der Waals surface area contributed by atoms with Crippen LogP contribution in [0.4, 0.5) is 4.79 Å². The number of carboxylic acid groups (broad SMARTS) is 1. The summed E-state index contributed by atoms with van der Waals surface area (Å²) in [6.07, 6.45) is 3.91. The molecular weight excluding hydrogens is 552 g/mol. The first kappa shape index (κ1) is 29.4. The topological polar surface area (TPSA) is 140 Å². The lowest BCUT2D eigenvalue weighted by Crippen LogP contribution is -2.57. The van der Waals surface area contributed by atoms with Crippen LogP contribution in [-0.4, -0.2) is 75.9 Å². The molecule has 2 aliphatic carbocycles. The lowest BCUT2D eigenvalue weighted by Gasteiger charge is -2.34. The Hall–Kier alpha value is -3.63. The molecular formula is C32H42N4O7. The number of methoxy groups -OCH3 is 1. The van der Waals surface area contributed by atoms with Crippen molar-refractivity contribution in [3.05, 3.63) is 23.9 Å². The summed E-state index contributed by atoms with van der Waals surface area (Å²) in [6.45, 7) is 7.48. The van der Waals surface area contributed by atoms with Gasteiger partial charge in [0.15, 0.2) is 0 Å². The van der Waals surface area contributed by atoms with Gasteiger partial charge in [-0.15, -0.1) is 0 Å². The summed E-state index contributed by atoms with van der Waals surface area (Å²) < 4.78 is 17.7. The van der Waals surface area contributed by atoms with Crippen LogP contribution in [0.1, 0.15) is 77.8 Å². The van der Waals surface area contributed by atoms with Crippen LogP contribution in [0.3, 0.4) is 0 Å². The van der Waals surface area contributed by atoms with E-state index in [0.717, 1.165) is 43.3 Å². The number of hydrogen-bond donors (Lipinski definition) is 2. The summed E-state index contributed by atoms with van der Waals surface area (Å²) in [5.74, 6) is -0.0431. The Labute approximate surface area is 251 Å². The number of rotatable bonds is 3. The molecule has 1 aromatic heterocycles. The number of carbonyl (C=O) groups is 3. The van der Waals surface area contributed by atoms with E-state index in [1.165, 1.54) is 4.90 Å². The standard InChI is InChI=1S/C32H42N4O7/c1-6-19-24-15-36(26(19)30(38)39)29(37)27(32(2,3)4)35-31(40)43-23-13-17(23)9-7-8-16-12-20(16)25-28(42-24)34-22-14-18(41-5)10-11-21(22)33-25/h10-11,14,16-17,19-20,23-24,26-27H,6-9,12-13,15H2,1-5H3,(H,35,40)(H,38,39)/t16?,17-,19-,20?,23-,24+,26+,27-/m1/s1. The van der Waals surface area contributed by atoms with Crippen molar-refractivity contribution in [3.63, 3.8) is 0 Å². The molecule has 3 heterocycles. The Bertz CT molecular complexity index is 1420. The van der Waals surface area contributed by atoms with Crippen molar-refractivity contribution < 1.29 is 33.7 Å². The molecule has 0 spiro atoms. The van der Waals surface area contributed by atoms with E-state index < -0.39 is 47.5 Å². The number of carboxylic acids is 1. The number of carbonyl (C=O) groups excluding carboxylic acids is 2. The number of fused-ring (bicyclic) bond motifs is 7. The average Bonchev–Trinajstić information content (AvgIpc) is 3.86. The summed E-state index contributed by atoms with van der Waals surface area (Å²) in [5, 5.41) is 13.1. The first-order valence-corrected chi connectivity index (χ1v) is 15.5. The van der Waals surface area contributed by atoms with Gasteiger partial charge in [-0.2, -0.15) is 0 Å². The Morgan fingerprint density at radius 3 is 2.56 bits per heavy atom. The molecule has 2 N–H and O–H groups in total. The monoisotopic (exact) mass is 594 g/mol. The third kappa shape index (κ3) is 5.82. The molecule has 8 atom stereocenters. The molecule has 0 radical (unpaired) electrons. The molecule has 2 aliphatic heterocycles. The van der Waals surface area contributed by atoms with Gasteiger partial charge in [-0.25, -0.2) is 19.6 Å². The minimum absolute atomic E-state index is 0.0493. The average molecular weight is 595 g/mol. The van der Waals surface area contributed by atoms with Crippen LogP contribution in [0.25, 0.3) is 11.0 Å². The second-order valence-electron chi connectivity index (χ2n) is 13.7. The van der Waals surface area contributed by atoms with E-state index in [1.54, 1.807) is 7.11 Å². The van der Waals surface area contributed by atoms with Crippen LogP contribution in [0.5, 0.6) is 11.6 Å². The summed E-state index contributed by atoms with van der Waals surface area (Å²) in [5.41, 5.74) is 1.47. The minimum Gasteiger partial charge on any atom is -0.497 e. The number of nitrogens with zero attached hydrogens (tertiary/aromatic N) is 3. The van der Waals surface area contributed by atoms with Crippen molar-refractivity contribution in [2.75, 3.05) is 13.7 Å². The van der Waals surface area contributed by atoms with E-state index >= 15 is 0 Å². The van der Waals surface area contributed by atoms with E-state index in [-0.39, 0.29) is 18.6 Å². The second-order valence-corrected chi connectivity index (χ2v) is 13.7. The first-order chi connectivity index (χ1) is 20.5. The summed E-state index contributed by atoms with van der Waals surface area (Å²) >= 11 is 0. The van der Waals surface area contributed by atoms with E-state index in [1.807, 2.05) is 45.9 Å². The predicted molar refractivity (Wildman–Crippen MR) is 157 cm³/mol. The highest BCUT2D eigenvalue weighted by molar-refractivity contribution is 5.90. The van der Waals surface area contributed by atoms with Gasteiger partial charge >= 0.3 is 12.1 Å². The number of hydrogen-bond acceptors (Lipinski definition) is 8. The van der Waals surface area contributed by atoms with Crippen LogP contribution in [0.2, 0.25) is 0 Å². The van der Waals surface area contributed by atoms with Crippen molar-refractivity contribution in [1.29, 1.82) is 0 Å². The van der Waals surface area contributed by atoms with Gasteiger partial charge in [-0.3, -0.25) is 4.79 Å². The largest absolute Gasteiger partial charge is 0.497 e. The predicted octanol–water partition coefficient (Wildman–Crippen LogP) is 4.52. The lowest BCUT2D eigenvalue weighted by atomic mass is 9.85.